The maximum atomic E-state index is 8.80. The lowest BCUT2D eigenvalue weighted by Crippen LogP contribution is -2.45. The molecule has 0 saturated carbocycles. The van der Waals surface area contributed by atoms with Crippen LogP contribution in [0.1, 0.15) is 12.7 Å². The predicted molar refractivity (Wildman–Crippen MR) is 57.7 cm³/mol. The lowest BCUT2D eigenvalue weighted by Gasteiger charge is -2.23. The van der Waals surface area contributed by atoms with E-state index in [0.717, 1.165) is 5.82 Å². The Kier molecular flexibility index (Phi) is 3.45. The minimum Gasteiger partial charge on any atom is -0.337 e. The van der Waals surface area contributed by atoms with Crippen molar-refractivity contribution in [1.82, 2.24) is 14.5 Å². The lowest BCUT2D eigenvalue weighted by molar-refractivity contribution is 0.274. The van der Waals surface area contributed by atoms with E-state index < -0.39 is 5.54 Å². The highest BCUT2D eigenvalue weighted by Crippen LogP contribution is 2.04. The second-order valence-electron chi connectivity index (χ2n) is 4.16. The van der Waals surface area contributed by atoms with Gasteiger partial charge >= 0.3 is 0 Å². The first-order valence-electron chi connectivity index (χ1n) is 4.79. The zero-order valence-corrected chi connectivity index (χ0v) is 9.44. The van der Waals surface area contributed by atoms with Crippen LogP contribution in [0, 0.1) is 11.3 Å². The Morgan fingerprint density at radius 3 is 2.87 bits per heavy atom. The van der Waals surface area contributed by atoms with Crippen LogP contribution < -0.4 is 5.73 Å². The summed E-state index contributed by atoms with van der Waals surface area (Å²) in [6.07, 6.45) is 3.66. The monoisotopic (exact) mass is 207 g/mol. The van der Waals surface area contributed by atoms with Gasteiger partial charge in [-0.2, -0.15) is 5.26 Å². The minimum absolute atomic E-state index is 0.524. The lowest BCUT2D eigenvalue weighted by atomic mass is 10.1. The van der Waals surface area contributed by atoms with E-state index in [-0.39, 0.29) is 0 Å². The highest BCUT2D eigenvalue weighted by molar-refractivity contribution is 5.03. The molecule has 5 heteroatoms. The first-order chi connectivity index (χ1) is 6.94. The van der Waals surface area contributed by atoms with Crippen LogP contribution >= 0.6 is 0 Å². The van der Waals surface area contributed by atoms with Gasteiger partial charge in [0.25, 0.3) is 0 Å². The number of likely N-dealkylation sites (N-methyl/N-ethyl adjacent to an activating group) is 1. The Labute approximate surface area is 90.1 Å². The van der Waals surface area contributed by atoms with Gasteiger partial charge in [0, 0.05) is 26.0 Å². The number of imidazole rings is 1. The van der Waals surface area contributed by atoms with Gasteiger partial charge in [0.2, 0.25) is 0 Å². The molecule has 1 heterocycles. The molecule has 0 aliphatic heterocycles. The Morgan fingerprint density at radius 1 is 1.73 bits per heavy atom. The number of nitrogens with two attached hydrogens (primary N) is 1. The van der Waals surface area contributed by atoms with E-state index >= 15 is 0 Å². The molecule has 0 amide bonds. The van der Waals surface area contributed by atoms with Gasteiger partial charge < -0.3 is 10.3 Å². The third kappa shape index (κ3) is 3.35. The molecule has 0 aromatic carbocycles. The largest absolute Gasteiger partial charge is 0.337 e. The summed E-state index contributed by atoms with van der Waals surface area (Å²) in [7, 11) is 3.87. The van der Waals surface area contributed by atoms with Crippen molar-refractivity contribution < 1.29 is 0 Å². The fourth-order valence-corrected chi connectivity index (χ4v) is 1.44. The molecule has 0 saturated heterocycles. The van der Waals surface area contributed by atoms with Crippen molar-refractivity contribution in [1.29, 1.82) is 5.26 Å². The Balaban J connectivity index is 2.55. The average molecular weight is 207 g/mol. The van der Waals surface area contributed by atoms with Crippen LogP contribution in [0.25, 0.3) is 0 Å². The van der Waals surface area contributed by atoms with Crippen molar-refractivity contribution in [3.63, 3.8) is 0 Å². The van der Waals surface area contributed by atoms with Gasteiger partial charge in [-0.25, -0.2) is 4.98 Å². The number of rotatable bonds is 4. The van der Waals surface area contributed by atoms with Gasteiger partial charge in [0.15, 0.2) is 0 Å². The molecule has 0 aliphatic carbocycles. The maximum absolute atomic E-state index is 8.80. The van der Waals surface area contributed by atoms with Crippen LogP contribution in [-0.2, 0) is 13.6 Å². The van der Waals surface area contributed by atoms with Gasteiger partial charge in [-0.1, -0.05) is 0 Å². The SMILES string of the molecule is CN(Cc1nccn1C)CC(C)(N)C#N. The molecule has 1 aromatic heterocycles. The molecule has 1 atom stereocenters. The summed E-state index contributed by atoms with van der Waals surface area (Å²) in [4.78, 5) is 6.20. The highest BCUT2D eigenvalue weighted by Gasteiger charge is 2.20. The van der Waals surface area contributed by atoms with E-state index in [9.17, 15) is 0 Å². The molecule has 0 spiro atoms. The van der Waals surface area contributed by atoms with Gasteiger partial charge in [-0.15, -0.1) is 0 Å². The van der Waals surface area contributed by atoms with Crippen molar-refractivity contribution in [2.45, 2.75) is 19.0 Å². The summed E-state index contributed by atoms with van der Waals surface area (Å²) < 4.78 is 1.96. The fraction of sp³-hybridized carbons (Fsp3) is 0.600. The molecule has 0 radical (unpaired) electrons. The van der Waals surface area contributed by atoms with E-state index in [1.54, 1.807) is 13.1 Å². The molecule has 0 aliphatic rings. The van der Waals surface area contributed by atoms with E-state index in [1.807, 2.05) is 29.8 Å². The van der Waals surface area contributed by atoms with E-state index in [1.165, 1.54) is 0 Å². The summed E-state index contributed by atoms with van der Waals surface area (Å²) in [6, 6.07) is 2.08. The summed E-state index contributed by atoms with van der Waals surface area (Å²) in [6.45, 7) is 2.94. The van der Waals surface area contributed by atoms with E-state index in [2.05, 4.69) is 11.1 Å². The van der Waals surface area contributed by atoms with Gasteiger partial charge in [0.05, 0.1) is 12.6 Å². The molecule has 0 fully saturated rings. The first-order valence-corrected chi connectivity index (χ1v) is 4.79. The quantitative estimate of drug-likeness (QED) is 0.759. The minimum atomic E-state index is -0.806. The van der Waals surface area contributed by atoms with Gasteiger partial charge in [0.1, 0.15) is 11.4 Å². The molecule has 1 unspecified atom stereocenters. The standard InChI is InChI=1S/C10H17N5/c1-10(12,7-11)8-14(2)6-9-13-4-5-15(9)3/h4-5H,6,8,12H2,1-3H3. The molecule has 0 bridgehead atoms. The first kappa shape index (κ1) is 11.7. The normalized spacial score (nSPS) is 14.9. The maximum Gasteiger partial charge on any atom is 0.122 e. The van der Waals surface area contributed by atoms with Crippen molar-refractivity contribution in [3.05, 3.63) is 18.2 Å². The van der Waals surface area contributed by atoms with Crippen LogP contribution in [0.4, 0.5) is 0 Å². The zero-order valence-electron chi connectivity index (χ0n) is 9.44. The number of aryl methyl sites for hydroxylation is 1. The molecule has 1 rings (SSSR count). The van der Waals surface area contributed by atoms with Crippen molar-refractivity contribution in [2.75, 3.05) is 13.6 Å². The van der Waals surface area contributed by atoms with E-state index in [0.29, 0.717) is 13.1 Å². The van der Waals surface area contributed by atoms with Crippen LogP contribution in [0.2, 0.25) is 0 Å². The molecular formula is C10H17N5. The van der Waals surface area contributed by atoms with Crippen molar-refractivity contribution >= 4 is 0 Å². The summed E-state index contributed by atoms with van der Waals surface area (Å²) in [5, 5.41) is 8.80. The number of hydrogen-bond acceptors (Lipinski definition) is 4. The molecule has 15 heavy (non-hydrogen) atoms. The Morgan fingerprint density at radius 2 is 2.40 bits per heavy atom. The molecule has 1 aromatic rings. The number of nitrogens with zero attached hydrogens (tertiary/aromatic N) is 4. The van der Waals surface area contributed by atoms with Crippen LogP contribution in [0.3, 0.4) is 0 Å². The van der Waals surface area contributed by atoms with Gasteiger partial charge in [-0.05, 0) is 14.0 Å². The third-order valence-electron chi connectivity index (χ3n) is 2.19. The molecular weight excluding hydrogens is 190 g/mol. The zero-order chi connectivity index (χ0) is 11.5. The third-order valence-corrected chi connectivity index (χ3v) is 2.19. The number of nitriles is 1. The number of hydrogen-bond donors (Lipinski definition) is 1. The summed E-state index contributed by atoms with van der Waals surface area (Å²) in [5.41, 5.74) is 4.95. The smallest absolute Gasteiger partial charge is 0.122 e. The van der Waals surface area contributed by atoms with Crippen molar-refractivity contribution in [2.24, 2.45) is 12.8 Å². The topological polar surface area (TPSA) is 70.9 Å². The summed E-state index contributed by atoms with van der Waals surface area (Å²) in [5.74, 6) is 0.964. The Hall–Kier alpha value is -1.38. The van der Waals surface area contributed by atoms with Gasteiger partial charge in [-0.3, -0.25) is 4.90 Å². The van der Waals surface area contributed by atoms with E-state index in [4.69, 9.17) is 11.0 Å². The highest BCUT2D eigenvalue weighted by atomic mass is 15.2. The predicted octanol–water partition coefficient (Wildman–Crippen LogP) is 0.0929. The molecule has 2 N–H and O–H groups in total. The van der Waals surface area contributed by atoms with Crippen molar-refractivity contribution in [3.8, 4) is 6.07 Å². The van der Waals surface area contributed by atoms with Crippen LogP contribution in [0.15, 0.2) is 12.4 Å². The van der Waals surface area contributed by atoms with Crippen LogP contribution in [-0.4, -0.2) is 33.6 Å². The second kappa shape index (κ2) is 4.43. The average Bonchev–Trinajstić information content (AvgIpc) is 2.51. The van der Waals surface area contributed by atoms with Crippen LogP contribution in [0.5, 0.6) is 0 Å². The number of aromatic nitrogens is 2. The Bertz CT molecular complexity index is 360. The second-order valence-corrected chi connectivity index (χ2v) is 4.16. The summed E-state index contributed by atoms with van der Waals surface area (Å²) >= 11 is 0. The molecule has 82 valence electrons. The molecule has 5 nitrogen and oxygen atoms in total. The fourth-order valence-electron chi connectivity index (χ4n) is 1.44.